The zero-order valence-corrected chi connectivity index (χ0v) is 22.1. The number of nitrogens with zero attached hydrogens (tertiary/aromatic N) is 3. The van der Waals surface area contributed by atoms with Gasteiger partial charge < -0.3 is 19.4 Å². The summed E-state index contributed by atoms with van der Waals surface area (Å²) in [5.74, 6) is 1.48. The Morgan fingerprint density at radius 3 is 2.69 bits per heavy atom. The average Bonchev–Trinajstić information content (AvgIpc) is 3.51. The number of benzene rings is 1. The molecule has 0 saturated heterocycles. The Morgan fingerprint density at radius 1 is 1.20 bits per heavy atom. The maximum atomic E-state index is 12.7. The number of anilines is 1. The molecule has 2 heterocycles. The van der Waals surface area contributed by atoms with Gasteiger partial charge in [-0.1, -0.05) is 37.7 Å². The number of nitrogens with one attached hydrogen (secondary N) is 1. The number of aryl methyl sites for hydroxylation is 1. The van der Waals surface area contributed by atoms with E-state index in [2.05, 4.69) is 41.5 Å². The maximum absolute atomic E-state index is 12.7. The smallest absolute Gasteiger partial charge is 0.341 e. The summed E-state index contributed by atoms with van der Waals surface area (Å²) in [7, 11) is 1.85. The van der Waals surface area contributed by atoms with E-state index in [4.69, 9.17) is 9.47 Å². The van der Waals surface area contributed by atoms with Crippen molar-refractivity contribution in [1.82, 2.24) is 14.8 Å². The third kappa shape index (κ3) is 5.87. The topological polar surface area (TPSA) is 95.3 Å². The second-order valence-corrected chi connectivity index (χ2v) is 10.6. The van der Waals surface area contributed by atoms with Crippen LogP contribution in [0.25, 0.3) is 0 Å². The first-order valence-corrected chi connectivity index (χ1v) is 13.5. The number of carbonyl (C=O) groups is 2. The monoisotopic (exact) mass is 514 g/mol. The first-order chi connectivity index (χ1) is 16.9. The summed E-state index contributed by atoms with van der Waals surface area (Å²) in [6.07, 6.45) is 2.80. The number of thiophene rings is 1. The van der Waals surface area contributed by atoms with Crippen LogP contribution in [-0.4, -0.2) is 39.0 Å². The molecule has 35 heavy (non-hydrogen) atoms. The number of esters is 1. The van der Waals surface area contributed by atoms with Crippen LogP contribution in [-0.2, 0) is 36.0 Å². The normalized spacial score (nSPS) is 12.6. The van der Waals surface area contributed by atoms with E-state index in [-0.39, 0.29) is 24.2 Å². The van der Waals surface area contributed by atoms with Crippen LogP contribution in [0.1, 0.15) is 65.3 Å². The molecule has 1 N–H and O–H groups in total. The summed E-state index contributed by atoms with van der Waals surface area (Å²) in [6, 6.07) is 8.03. The molecule has 8 nitrogen and oxygen atoms in total. The molecule has 0 aliphatic heterocycles. The van der Waals surface area contributed by atoms with Crippen LogP contribution in [0.5, 0.6) is 5.75 Å². The Kier molecular flexibility index (Phi) is 8.12. The molecule has 0 atom stereocenters. The molecule has 10 heteroatoms. The van der Waals surface area contributed by atoms with Crippen molar-refractivity contribution in [2.75, 3.05) is 17.7 Å². The molecule has 1 aliphatic carbocycles. The lowest BCUT2D eigenvalue weighted by atomic mass is 10.0. The molecular formula is C25H30N4O4S2. The fraction of sp³-hybridized carbons (Fsp3) is 0.440. The summed E-state index contributed by atoms with van der Waals surface area (Å²) >= 11 is 2.76. The average molecular weight is 515 g/mol. The fourth-order valence-electron chi connectivity index (χ4n) is 3.90. The minimum atomic E-state index is -0.369. The van der Waals surface area contributed by atoms with Crippen molar-refractivity contribution < 1.29 is 19.1 Å². The van der Waals surface area contributed by atoms with Gasteiger partial charge in [-0.25, -0.2) is 4.79 Å². The molecule has 0 saturated carbocycles. The van der Waals surface area contributed by atoms with E-state index in [1.807, 2.05) is 23.7 Å². The SMILES string of the molecule is CCOC(=O)c1c(NC(=O)CSc2nnc(COc3ccc(C(C)C)cc3)n2C)sc2c1CCC2. The molecule has 1 amide bonds. The van der Waals surface area contributed by atoms with Gasteiger partial charge in [0.25, 0.3) is 0 Å². The summed E-state index contributed by atoms with van der Waals surface area (Å²) in [5.41, 5.74) is 2.80. The van der Waals surface area contributed by atoms with Crippen molar-refractivity contribution in [2.45, 2.75) is 57.7 Å². The van der Waals surface area contributed by atoms with Gasteiger partial charge in [0.05, 0.1) is 17.9 Å². The number of thioether (sulfide) groups is 1. The summed E-state index contributed by atoms with van der Waals surface area (Å²) in [5, 5.41) is 12.5. The van der Waals surface area contributed by atoms with Crippen molar-refractivity contribution in [3.63, 3.8) is 0 Å². The van der Waals surface area contributed by atoms with Gasteiger partial charge in [-0.05, 0) is 55.4 Å². The Hall–Kier alpha value is -2.85. The van der Waals surface area contributed by atoms with E-state index in [0.717, 1.165) is 35.5 Å². The number of carbonyl (C=O) groups excluding carboxylic acids is 2. The Morgan fingerprint density at radius 2 is 1.97 bits per heavy atom. The molecule has 0 radical (unpaired) electrons. The summed E-state index contributed by atoms with van der Waals surface area (Å²) in [4.78, 5) is 26.3. The van der Waals surface area contributed by atoms with Crippen LogP contribution in [0, 0.1) is 0 Å². The van der Waals surface area contributed by atoms with E-state index >= 15 is 0 Å². The van der Waals surface area contributed by atoms with Gasteiger partial charge in [0.15, 0.2) is 11.0 Å². The van der Waals surface area contributed by atoms with Crippen molar-refractivity contribution >= 4 is 40.0 Å². The highest BCUT2D eigenvalue weighted by Gasteiger charge is 2.28. The Balaban J connectivity index is 1.33. The van der Waals surface area contributed by atoms with E-state index in [1.165, 1.54) is 28.7 Å². The van der Waals surface area contributed by atoms with Gasteiger partial charge in [0, 0.05) is 11.9 Å². The van der Waals surface area contributed by atoms with Crippen molar-refractivity contribution in [1.29, 1.82) is 0 Å². The quantitative estimate of drug-likeness (QED) is 0.301. The highest BCUT2D eigenvalue weighted by atomic mass is 32.2. The number of rotatable bonds is 10. The highest BCUT2D eigenvalue weighted by molar-refractivity contribution is 7.99. The molecule has 1 aromatic carbocycles. The van der Waals surface area contributed by atoms with E-state index in [9.17, 15) is 9.59 Å². The molecule has 4 rings (SSSR count). The largest absolute Gasteiger partial charge is 0.486 e. The number of hydrogen-bond acceptors (Lipinski definition) is 8. The second kappa shape index (κ2) is 11.3. The molecule has 0 bridgehead atoms. The van der Waals surface area contributed by atoms with Crippen LogP contribution in [0.2, 0.25) is 0 Å². The molecule has 1 aliphatic rings. The van der Waals surface area contributed by atoms with Crippen LogP contribution in [0.3, 0.4) is 0 Å². The molecule has 0 fully saturated rings. The van der Waals surface area contributed by atoms with Gasteiger partial charge in [-0.2, -0.15) is 0 Å². The molecule has 0 spiro atoms. The van der Waals surface area contributed by atoms with Crippen LogP contribution < -0.4 is 10.1 Å². The van der Waals surface area contributed by atoms with Crippen LogP contribution in [0.15, 0.2) is 29.4 Å². The Bertz CT molecular complexity index is 1200. The first kappa shape index (κ1) is 25.2. The summed E-state index contributed by atoms with van der Waals surface area (Å²) < 4.78 is 12.9. The number of amides is 1. The van der Waals surface area contributed by atoms with Gasteiger partial charge in [0.2, 0.25) is 5.91 Å². The predicted molar refractivity (Wildman–Crippen MR) is 138 cm³/mol. The fourth-order valence-corrected chi connectivity index (χ4v) is 5.92. The van der Waals surface area contributed by atoms with Crippen LogP contribution in [0.4, 0.5) is 5.00 Å². The molecule has 2 aromatic heterocycles. The molecule has 186 valence electrons. The van der Waals surface area contributed by atoms with Gasteiger partial charge in [-0.3, -0.25) is 4.79 Å². The number of fused-ring (bicyclic) bond motifs is 1. The van der Waals surface area contributed by atoms with Crippen molar-refractivity contribution in [3.05, 3.63) is 51.7 Å². The molecule has 0 unspecified atom stereocenters. The van der Waals surface area contributed by atoms with E-state index in [1.54, 1.807) is 6.92 Å². The Labute approximate surface area is 213 Å². The third-order valence-electron chi connectivity index (χ3n) is 5.83. The standard InChI is InChI=1S/C25H30N4O4S2/c1-5-32-24(31)22-18-7-6-8-19(18)35-23(22)26-21(30)14-34-25-28-27-20(29(25)4)13-33-17-11-9-16(10-12-17)15(2)3/h9-12,15H,5-8,13-14H2,1-4H3,(H,26,30). The maximum Gasteiger partial charge on any atom is 0.341 e. The lowest BCUT2D eigenvalue weighted by Gasteiger charge is -2.09. The zero-order valence-electron chi connectivity index (χ0n) is 20.4. The van der Waals surface area contributed by atoms with Gasteiger partial charge >= 0.3 is 5.97 Å². The second-order valence-electron chi connectivity index (χ2n) is 8.59. The lowest BCUT2D eigenvalue weighted by molar-refractivity contribution is -0.113. The third-order valence-corrected chi connectivity index (χ3v) is 8.05. The number of hydrogen-bond donors (Lipinski definition) is 1. The minimum absolute atomic E-state index is 0.147. The van der Waals surface area contributed by atoms with Gasteiger partial charge in [0.1, 0.15) is 17.4 Å². The predicted octanol–water partition coefficient (Wildman–Crippen LogP) is 4.98. The van der Waals surface area contributed by atoms with Gasteiger partial charge in [-0.15, -0.1) is 21.5 Å². The first-order valence-electron chi connectivity index (χ1n) is 11.7. The number of ether oxygens (including phenoxy) is 2. The molecular weight excluding hydrogens is 484 g/mol. The minimum Gasteiger partial charge on any atom is -0.486 e. The molecule has 3 aromatic rings. The summed E-state index contributed by atoms with van der Waals surface area (Å²) in [6.45, 7) is 6.67. The van der Waals surface area contributed by atoms with E-state index in [0.29, 0.717) is 34.1 Å². The van der Waals surface area contributed by atoms with E-state index < -0.39 is 0 Å². The highest BCUT2D eigenvalue weighted by Crippen LogP contribution is 2.39. The number of aromatic nitrogens is 3. The van der Waals surface area contributed by atoms with Crippen LogP contribution >= 0.6 is 23.1 Å². The lowest BCUT2D eigenvalue weighted by Crippen LogP contribution is -2.17. The zero-order chi connectivity index (χ0) is 24.9. The van der Waals surface area contributed by atoms with Crippen molar-refractivity contribution in [3.8, 4) is 5.75 Å². The van der Waals surface area contributed by atoms with Crippen molar-refractivity contribution in [2.24, 2.45) is 7.05 Å².